The maximum atomic E-state index is 10.4. The lowest BCUT2D eigenvalue weighted by Crippen LogP contribution is -2.28. The Hall–Kier alpha value is -1.32. The van der Waals surface area contributed by atoms with E-state index in [1.807, 2.05) is 0 Å². The van der Waals surface area contributed by atoms with Crippen LogP contribution in [0.4, 0.5) is 4.79 Å². The van der Waals surface area contributed by atoms with E-state index < -0.39 is 6.03 Å². The summed E-state index contributed by atoms with van der Waals surface area (Å²) in [4.78, 5) is 10.4. The van der Waals surface area contributed by atoms with Crippen LogP contribution in [-0.4, -0.2) is 12.2 Å². The van der Waals surface area contributed by atoms with Crippen LogP contribution in [-0.2, 0) is 0 Å². The van der Waals surface area contributed by atoms with Crippen molar-refractivity contribution in [3.05, 3.63) is 11.6 Å². The standard InChI is InChI=1S/C11H19N3O/c1-7-4-8(2)10(9(3)5-7)6-13-14-11(12)15/h4,6,8-10H,5H2,1-3H3,(H3,12,14,15)/b13-6-/t8-,9+,10+/m1/s1. The van der Waals surface area contributed by atoms with Crippen molar-refractivity contribution < 1.29 is 4.79 Å². The molecule has 0 unspecified atom stereocenters. The summed E-state index contributed by atoms with van der Waals surface area (Å²) in [6.07, 6.45) is 5.15. The zero-order valence-corrected chi connectivity index (χ0v) is 9.53. The minimum Gasteiger partial charge on any atom is -0.350 e. The van der Waals surface area contributed by atoms with E-state index >= 15 is 0 Å². The van der Waals surface area contributed by atoms with Crippen LogP contribution in [0.2, 0.25) is 0 Å². The van der Waals surface area contributed by atoms with E-state index in [2.05, 4.69) is 37.4 Å². The molecule has 0 fully saturated rings. The first kappa shape index (κ1) is 11.8. The van der Waals surface area contributed by atoms with Gasteiger partial charge in [0.25, 0.3) is 0 Å². The highest BCUT2D eigenvalue weighted by Gasteiger charge is 2.25. The molecule has 0 aromatic rings. The Morgan fingerprint density at radius 3 is 2.87 bits per heavy atom. The van der Waals surface area contributed by atoms with Gasteiger partial charge in [0.1, 0.15) is 0 Å². The summed E-state index contributed by atoms with van der Waals surface area (Å²) in [5.74, 6) is 1.40. The third-order valence-corrected chi connectivity index (χ3v) is 2.88. The van der Waals surface area contributed by atoms with E-state index in [1.165, 1.54) is 5.57 Å². The largest absolute Gasteiger partial charge is 0.350 e. The molecule has 3 N–H and O–H groups in total. The van der Waals surface area contributed by atoms with Crippen molar-refractivity contribution in [2.45, 2.75) is 27.2 Å². The van der Waals surface area contributed by atoms with Gasteiger partial charge in [0.05, 0.1) is 0 Å². The van der Waals surface area contributed by atoms with Crippen LogP contribution < -0.4 is 11.2 Å². The number of primary amides is 1. The Bertz CT molecular complexity index is 296. The number of amides is 2. The number of allylic oxidation sites excluding steroid dienone is 2. The molecule has 0 saturated carbocycles. The molecule has 0 radical (unpaired) electrons. The molecule has 0 spiro atoms. The second kappa shape index (κ2) is 4.96. The lowest BCUT2D eigenvalue weighted by molar-refractivity contribution is 0.249. The van der Waals surface area contributed by atoms with E-state index in [0.29, 0.717) is 17.8 Å². The fraction of sp³-hybridized carbons (Fsp3) is 0.636. The van der Waals surface area contributed by atoms with Gasteiger partial charge in [-0.3, -0.25) is 0 Å². The van der Waals surface area contributed by atoms with Crippen LogP contribution in [0.3, 0.4) is 0 Å². The molecule has 0 heterocycles. The molecule has 0 aliphatic heterocycles. The van der Waals surface area contributed by atoms with Crippen molar-refractivity contribution in [3.8, 4) is 0 Å². The number of carbonyl (C=O) groups is 1. The number of hydrogen-bond acceptors (Lipinski definition) is 2. The van der Waals surface area contributed by atoms with Crippen LogP contribution in [0.25, 0.3) is 0 Å². The predicted octanol–water partition coefficient (Wildman–Crippen LogP) is 1.88. The lowest BCUT2D eigenvalue weighted by Gasteiger charge is -2.29. The monoisotopic (exact) mass is 209 g/mol. The number of nitrogens with two attached hydrogens (primary N) is 1. The SMILES string of the molecule is CC1=C[C@@H](C)[C@H](/C=N\NC(N)=O)[C@@H](C)C1. The molecule has 0 saturated heterocycles. The molecule has 4 nitrogen and oxygen atoms in total. The summed E-state index contributed by atoms with van der Waals surface area (Å²) in [5.41, 5.74) is 8.59. The van der Waals surface area contributed by atoms with E-state index in [1.54, 1.807) is 6.21 Å². The number of urea groups is 1. The summed E-state index contributed by atoms with van der Waals surface area (Å²) in [7, 11) is 0. The molecular formula is C11H19N3O. The first-order valence-corrected chi connectivity index (χ1v) is 5.26. The normalized spacial score (nSPS) is 31.4. The van der Waals surface area contributed by atoms with Gasteiger partial charge in [0.15, 0.2) is 0 Å². The van der Waals surface area contributed by atoms with Gasteiger partial charge in [-0.25, -0.2) is 10.2 Å². The van der Waals surface area contributed by atoms with E-state index in [4.69, 9.17) is 5.73 Å². The Kier molecular flexibility index (Phi) is 3.88. The molecule has 1 aliphatic rings. The van der Waals surface area contributed by atoms with Crippen molar-refractivity contribution in [1.82, 2.24) is 5.43 Å². The Labute approximate surface area is 90.6 Å². The molecule has 84 valence electrons. The van der Waals surface area contributed by atoms with Gasteiger partial charge >= 0.3 is 6.03 Å². The van der Waals surface area contributed by atoms with Gasteiger partial charge in [-0.05, 0) is 25.2 Å². The smallest absolute Gasteiger partial charge is 0.332 e. The maximum Gasteiger partial charge on any atom is 0.332 e. The molecule has 3 atom stereocenters. The van der Waals surface area contributed by atoms with Crippen molar-refractivity contribution in [2.24, 2.45) is 28.6 Å². The first-order chi connectivity index (χ1) is 7.00. The second-order valence-corrected chi connectivity index (χ2v) is 4.39. The van der Waals surface area contributed by atoms with Crippen LogP contribution >= 0.6 is 0 Å². The summed E-state index contributed by atoms with van der Waals surface area (Å²) < 4.78 is 0. The van der Waals surface area contributed by atoms with E-state index in [9.17, 15) is 4.79 Å². The third-order valence-electron chi connectivity index (χ3n) is 2.88. The molecule has 4 heteroatoms. The first-order valence-electron chi connectivity index (χ1n) is 5.26. The number of nitrogens with zero attached hydrogens (tertiary/aromatic N) is 1. The van der Waals surface area contributed by atoms with Gasteiger partial charge in [0, 0.05) is 12.1 Å². The average molecular weight is 209 g/mol. The molecule has 0 aromatic carbocycles. The molecular weight excluding hydrogens is 190 g/mol. The van der Waals surface area contributed by atoms with Gasteiger partial charge in [-0.15, -0.1) is 0 Å². The number of rotatable bonds is 2. The van der Waals surface area contributed by atoms with E-state index in [0.717, 1.165) is 6.42 Å². The number of hydrogen-bond donors (Lipinski definition) is 2. The molecule has 1 aliphatic carbocycles. The fourth-order valence-corrected chi connectivity index (χ4v) is 2.26. The third kappa shape index (κ3) is 3.38. The quantitative estimate of drug-likeness (QED) is 0.407. The van der Waals surface area contributed by atoms with Crippen LogP contribution in [0.5, 0.6) is 0 Å². The Balaban J connectivity index is 2.61. The summed E-state index contributed by atoms with van der Waals surface area (Å²) >= 11 is 0. The number of hydrazone groups is 1. The van der Waals surface area contributed by atoms with E-state index in [-0.39, 0.29) is 0 Å². The van der Waals surface area contributed by atoms with Crippen molar-refractivity contribution in [2.75, 3.05) is 0 Å². The van der Waals surface area contributed by atoms with Gasteiger partial charge in [0.2, 0.25) is 0 Å². The van der Waals surface area contributed by atoms with Crippen molar-refractivity contribution >= 4 is 12.2 Å². The highest BCUT2D eigenvalue weighted by Crippen LogP contribution is 2.31. The Morgan fingerprint density at radius 1 is 1.67 bits per heavy atom. The maximum absolute atomic E-state index is 10.4. The highest BCUT2D eigenvalue weighted by molar-refractivity contribution is 5.73. The zero-order chi connectivity index (χ0) is 11.4. The summed E-state index contributed by atoms with van der Waals surface area (Å²) in [5, 5.41) is 3.84. The van der Waals surface area contributed by atoms with Crippen LogP contribution in [0.1, 0.15) is 27.2 Å². The second-order valence-electron chi connectivity index (χ2n) is 4.39. The lowest BCUT2D eigenvalue weighted by atomic mass is 9.76. The molecule has 15 heavy (non-hydrogen) atoms. The van der Waals surface area contributed by atoms with Crippen LogP contribution in [0.15, 0.2) is 16.8 Å². The molecule has 1 rings (SSSR count). The highest BCUT2D eigenvalue weighted by atomic mass is 16.2. The minimum absolute atomic E-state index is 0.376. The van der Waals surface area contributed by atoms with Gasteiger partial charge in [-0.1, -0.05) is 25.5 Å². The molecule has 0 bridgehead atoms. The molecule has 0 aromatic heterocycles. The Morgan fingerprint density at radius 2 is 2.33 bits per heavy atom. The number of carbonyl (C=O) groups excluding carboxylic acids is 1. The van der Waals surface area contributed by atoms with Crippen molar-refractivity contribution in [1.29, 1.82) is 0 Å². The van der Waals surface area contributed by atoms with Gasteiger partial charge in [-0.2, -0.15) is 5.10 Å². The minimum atomic E-state index is -0.617. The van der Waals surface area contributed by atoms with Crippen molar-refractivity contribution in [3.63, 3.8) is 0 Å². The van der Waals surface area contributed by atoms with Crippen LogP contribution in [0, 0.1) is 17.8 Å². The number of nitrogens with one attached hydrogen (secondary N) is 1. The van der Waals surface area contributed by atoms with Gasteiger partial charge < -0.3 is 5.73 Å². The zero-order valence-electron chi connectivity index (χ0n) is 9.53. The summed E-state index contributed by atoms with van der Waals surface area (Å²) in [6, 6.07) is -0.617. The predicted molar refractivity (Wildman–Crippen MR) is 61.4 cm³/mol. The topological polar surface area (TPSA) is 67.5 Å². The summed E-state index contributed by atoms with van der Waals surface area (Å²) in [6.45, 7) is 6.52. The average Bonchev–Trinajstić information content (AvgIpc) is 2.08. The fourth-order valence-electron chi connectivity index (χ4n) is 2.26. The molecule has 2 amide bonds.